The Morgan fingerprint density at radius 2 is 2.10 bits per heavy atom. The van der Waals surface area contributed by atoms with Gasteiger partial charge in [-0.2, -0.15) is 0 Å². The van der Waals surface area contributed by atoms with E-state index in [1.807, 2.05) is 6.92 Å². The third kappa shape index (κ3) is 3.00. The Morgan fingerprint density at radius 1 is 1.40 bits per heavy atom. The van der Waals surface area contributed by atoms with Crippen LogP contribution >= 0.6 is 11.3 Å². The molecule has 0 bridgehead atoms. The molecule has 7 nitrogen and oxygen atoms in total. The number of aliphatic hydroxyl groups is 4. The van der Waals surface area contributed by atoms with E-state index in [1.165, 1.54) is 11.3 Å². The molecule has 2 rings (SSSR count). The van der Waals surface area contributed by atoms with Crippen LogP contribution in [0, 0.1) is 0 Å². The second-order valence-corrected chi connectivity index (χ2v) is 5.58. The Labute approximate surface area is 119 Å². The van der Waals surface area contributed by atoms with Gasteiger partial charge >= 0.3 is 0 Å². The SMILES string of the molecule is C=C(C)c1cnc(OC2OC(CO)C(O)C(O)C2O)s1. The highest BCUT2D eigenvalue weighted by atomic mass is 32.1. The summed E-state index contributed by atoms with van der Waals surface area (Å²) in [6.07, 6.45) is -4.95. The summed E-state index contributed by atoms with van der Waals surface area (Å²) in [5.41, 5.74) is 0.825. The molecule has 0 saturated carbocycles. The van der Waals surface area contributed by atoms with E-state index in [4.69, 9.17) is 14.6 Å². The number of nitrogens with zero attached hydrogens (tertiary/aromatic N) is 1. The lowest BCUT2D eigenvalue weighted by molar-refractivity contribution is -0.277. The fourth-order valence-corrected chi connectivity index (χ4v) is 2.49. The molecule has 5 unspecified atom stereocenters. The number of hydrogen-bond donors (Lipinski definition) is 4. The topological polar surface area (TPSA) is 112 Å². The quantitative estimate of drug-likeness (QED) is 0.585. The van der Waals surface area contributed by atoms with Gasteiger partial charge < -0.3 is 29.9 Å². The highest BCUT2D eigenvalue weighted by molar-refractivity contribution is 7.14. The normalized spacial score (nSPS) is 34.0. The summed E-state index contributed by atoms with van der Waals surface area (Å²) in [6.45, 7) is 5.10. The first-order chi connectivity index (χ1) is 9.43. The molecule has 0 spiro atoms. The van der Waals surface area contributed by atoms with Gasteiger partial charge in [0, 0.05) is 6.20 Å². The second-order valence-electron chi connectivity index (χ2n) is 4.59. The van der Waals surface area contributed by atoms with Crippen LogP contribution in [0.2, 0.25) is 0 Å². The number of rotatable bonds is 4. The highest BCUT2D eigenvalue weighted by Crippen LogP contribution is 2.29. The second kappa shape index (κ2) is 6.17. The average Bonchev–Trinajstić information content (AvgIpc) is 2.88. The minimum Gasteiger partial charge on any atom is -0.437 e. The lowest BCUT2D eigenvalue weighted by atomic mass is 9.99. The minimum absolute atomic E-state index is 0.243. The molecule has 1 aromatic rings. The Kier molecular flexibility index (Phi) is 4.74. The van der Waals surface area contributed by atoms with Crippen LogP contribution in [-0.4, -0.2) is 62.7 Å². The van der Waals surface area contributed by atoms with Crippen LogP contribution in [0.15, 0.2) is 12.8 Å². The Balaban J connectivity index is 2.08. The summed E-state index contributed by atoms with van der Waals surface area (Å²) >= 11 is 1.22. The van der Waals surface area contributed by atoms with E-state index in [9.17, 15) is 15.3 Å². The van der Waals surface area contributed by atoms with Gasteiger partial charge in [-0.3, -0.25) is 0 Å². The molecular formula is C12H17NO6S. The molecule has 20 heavy (non-hydrogen) atoms. The Morgan fingerprint density at radius 3 is 2.65 bits per heavy atom. The molecule has 0 radical (unpaired) electrons. The van der Waals surface area contributed by atoms with Crippen LogP contribution in [0.4, 0.5) is 0 Å². The standard InChI is InChI=1S/C12H17NO6S/c1-5(2)7-3-13-12(20-7)19-11-10(17)9(16)8(15)6(4-14)18-11/h3,6,8-11,14-17H,1,4H2,2H3. The summed E-state index contributed by atoms with van der Waals surface area (Å²) in [6, 6.07) is 0. The van der Waals surface area contributed by atoms with Crippen molar-refractivity contribution < 1.29 is 29.9 Å². The smallest absolute Gasteiger partial charge is 0.276 e. The number of ether oxygens (including phenoxy) is 2. The molecule has 0 aliphatic carbocycles. The van der Waals surface area contributed by atoms with Crippen molar-refractivity contribution in [3.8, 4) is 5.19 Å². The van der Waals surface area contributed by atoms with Crippen molar-refractivity contribution in [1.82, 2.24) is 4.98 Å². The number of hydrogen-bond acceptors (Lipinski definition) is 8. The number of aromatic nitrogens is 1. The van der Waals surface area contributed by atoms with Crippen molar-refractivity contribution in [1.29, 1.82) is 0 Å². The first kappa shape index (κ1) is 15.4. The van der Waals surface area contributed by atoms with E-state index < -0.39 is 37.3 Å². The van der Waals surface area contributed by atoms with Gasteiger partial charge in [-0.05, 0) is 12.5 Å². The summed E-state index contributed by atoms with van der Waals surface area (Å²) in [7, 11) is 0. The Bertz CT molecular complexity index is 476. The molecule has 1 aliphatic rings. The molecular weight excluding hydrogens is 286 g/mol. The largest absolute Gasteiger partial charge is 0.437 e. The van der Waals surface area contributed by atoms with Gasteiger partial charge in [-0.15, -0.1) is 0 Å². The van der Waals surface area contributed by atoms with E-state index in [-0.39, 0.29) is 5.19 Å². The average molecular weight is 303 g/mol. The van der Waals surface area contributed by atoms with Gasteiger partial charge in [0.05, 0.1) is 11.5 Å². The number of thiazole rings is 1. The molecule has 5 atom stereocenters. The molecule has 1 aliphatic heterocycles. The van der Waals surface area contributed by atoms with Gasteiger partial charge in [0.1, 0.15) is 24.4 Å². The molecule has 1 aromatic heterocycles. The molecule has 1 fully saturated rings. The third-order valence-corrected chi connectivity index (χ3v) is 4.02. The number of aliphatic hydroxyl groups excluding tert-OH is 4. The molecule has 2 heterocycles. The molecule has 1 saturated heterocycles. The van der Waals surface area contributed by atoms with Crippen molar-refractivity contribution in [3.05, 3.63) is 17.7 Å². The lowest BCUT2D eigenvalue weighted by Crippen LogP contribution is -2.60. The van der Waals surface area contributed by atoms with Crippen molar-refractivity contribution in [2.24, 2.45) is 0 Å². The van der Waals surface area contributed by atoms with E-state index in [2.05, 4.69) is 11.6 Å². The van der Waals surface area contributed by atoms with Crippen molar-refractivity contribution in [2.45, 2.75) is 37.6 Å². The maximum atomic E-state index is 9.82. The van der Waals surface area contributed by atoms with Crippen LogP contribution < -0.4 is 4.74 Å². The van der Waals surface area contributed by atoms with E-state index in [0.717, 1.165) is 10.5 Å². The molecule has 0 amide bonds. The summed E-state index contributed by atoms with van der Waals surface area (Å²) in [5, 5.41) is 38.4. The van der Waals surface area contributed by atoms with Gasteiger partial charge in [0.25, 0.3) is 5.19 Å². The lowest BCUT2D eigenvalue weighted by Gasteiger charge is -2.39. The van der Waals surface area contributed by atoms with E-state index >= 15 is 0 Å². The van der Waals surface area contributed by atoms with Gasteiger partial charge in [-0.1, -0.05) is 17.9 Å². The maximum absolute atomic E-state index is 9.82. The van der Waals surface area contributed by atoms with Crippen LogP contribution in [0.5, 0.6) is 5.19 Å². The van der Waals surface area contributed by atoms with Gasteiger partial charge in [0.15, 0.2) is 0 Å². The zero-order valence-corrected chi connectivity index (χ0v) is 11.7. The first-order valence-corrected chi connectivity index (χ1v) is 6.84. The van der Waals surface area contributed by atoms with Crippen LogP contribution in [-0.2, 0) is 4.74 Å². The summed E-state index contributed by atoms with van der Waals surface area (Å²) in [4.78, 5) is 4.82. The van der Waals surface area contributed by atoms with Crippen LogP contribution in [0.25, 0.3) is 5.57 Å². The van der Waals surface area contributed by atoms with Gasteiger partial charge in [0.2, 0.25) is 6.29 Å². The maximum Gasteiger partial charge on any atom is 0.276 e. The fraction of sp³-hybridized carbons (Fsp3) is 0.583. The van der Waals surface area contributed by atoms with Crippen LogP contribution in [0.1, 0.15) is 11.8 Å². The minimum atomic E-state index is -1.47. The Hall–Kier alpha value is -1.03. The van der Waals surface area contributed by atoms with Crippen molar-refractivity contribution in [3.63, 3.8) is 0 Å². The zero-order valence-electron chi connectivity index (χ0n) is 10.8. The van der Waals surface area contributed by atoms with Crippen molar-refractivity contribution in [2.75, 3.05) is 6.61 Å². The highest BCUT2D eigenvalue weighted by Gasteiger charge is 2.45. The summed E-state index contributed by atoms with van der Waals surface area (Å²) in [5.74, 6) is 0. The number of allylic oxidation sites excluding steroid dienone is 1. The molecule has 112 valence electrons. The molecule has 4 N–H and O–H groups in total. The summed E-state index contributed by atoms with van der Waals surface area (Å²) < 4.78 is 10.6. The fourth-order valence-electron chi connectivity index (χ4n) is 1.77. The van der Waals surface area contributed by atoms with E-state index in [0.29, 0.717) is 0 Å². The molecule has 8 heteroatoms. The van der Waals surface area contributed by atoms with Crippen LogP contribution in [0.3, 0.4) is 0 Å². The predicted molar refractivity (Wildman–Crippen MR) is 71.2 cm³/mol. The van der Waals surface area contributed by atoms with Crippen molar-refractivity contribution >= 4 is 16.9 Å². The van der Waals surface area contributed by atoms with E-state index in [1.54, 1.807) is 6.20 Å². The zero-order chi connectivity index (χ0) is 14.9. The predicted octanol–water partition coefficient (Wildman–Crippen LogP) is -0.645. The first-order valence-electron chi connectivity index (χ1n) is 6.03. The molecule has 0 aromatic carbocycles. The monoisotopic (exact) mass is 303 g/mol. The third-order valence-electron chi connectivity index (χ3n) is 2.97. The van der Waals surface area contributed by atoms with Gasteiger partial charge in [-0.25, -0.2) is 4.98 Å².